The molecule has 0 unspecified atom stereocenters. The molecule has 76 valence electrons. The molecule has 1 aromatic heterocycles. The molecule has 1 aliphatic heterocycles. The fourth-order valence-corrected chi connectivity index (χ4v) is 3.31. The van der Waals surface area contributed by atoms with Crippen LogP contribution < -0.4 is 5.32 Å². The van der Waals surface area contributed by atoms with Crippen molar-refractivity contribution in [1.29, 1.82) is 0 Å². The zero-order chi connectivity index (χ0) is 10.3. The minimum Gasteiger partial charge on any atom is -0.384 e. The van der Waals surface area contributed by atoms with Crippen LogP contribution >= 0.6 is 11.3 Å². The van der Waals surface area contributed by atoms with Gasteiger partial charge in [-0.1, -0.05) is 18.2 Å². The first-order chi connectivity index (χ1) is 7.36. The molecule has 0 saturated carbocycles. The third-order valence-electron chi connectivity index (χ3n) is 2.97. The van der Waals surface area contributed by atoms with Crippen LogP contribution in [0.25, 0.3) is 10.4 Å². The Balaban J connectivity index is 2.27. The minimum atomic E-state index is 1.04. The van der Waals surface area contributed by atoms with E-state index in [4.69, 9.17) is 0 Å². The van der Waals surface area contributed by atoms with Crippen LogP contribution in [0, 0.1) is 6.92 Å². The van der Waals surface area contributed by atoms with Crippen LogP contribution in [0.15, 0.2) is 29.6 Å². The van der Waals surface area contributed by atoms with Crippen LogP contribution in [-0.2, 0) is 6.42 Å². The monoisotopic (exact) mass is 215 g/mol. The fourth-order valence-electron chi connectivity index (χ4n) is 2.16. The maximum Gasteiger partial charge on any atom is 0.0428 e. The van der Waals surface area contributed by atoms with Crippen molar-refractivity contribution in [3.8, 4) is 10.4 Å². The predicted molar refractivity (Wildman–Crippen MR) is 66.7 cm³/mol. The van der Waals surface area contributed by atoms with Gasteiger partial charge in [-0.2, -0.15) is 0 Å². The number of nitrogens with one attached hydrogen (secondary N) is 1. The Morgan fingerprint density at radius 2 is 2.13 bits per heavy atom. The van der Waals surface area contributed by atoms with Gasteiger partial charge in [-0.05, 0) is 35.9 Å². The summed E-state index contributed by atoms with van der Waals surface area (Å²) >= 11 is 1.87. The van der Waals surface area contributed by atoms with Crippen LogP contribution in [0.4, 0.5) is 5.69 Å². The lowest BCUT2D eigenvalue weighted by atomic mass is 10.0. The third kappa shape index (κ3) is 1.37. The summed E-state index contributed by atoms with van der Waals surface area (Å²) in [6, 6.07) is 8.59. The number of rotatable bonds is 0. The van der Waals surface area contributed by atoms with E-state index in [9.17, 15) is 0 Å². The van der Waals surface area contributed by atoms with Gasteiger partial charge in [-0.25, -0.2) is 0 Å². The first kappa shape index (κ1) is 8.98. The van der Waals surface area contributed by atoms with Gasteiger partial charge in [0.25, 0.3) is 0 Å². The van der Waals surface area contributed by atoms with Gasteiger partial charge in [0.1, 0.15) is 0 Å². The van der Waals surface area contributed by atoms with Crippen LogP contribution in [0.3, 0.4) is 0 Å². The summed E-state index contributed by atoms with van der Waals surface area (Å²) in [5, 5.41) is 5.76. The molecule has 0 spiro atoms. The maximum atomic E-state index is 3.49. The van der Waals surface area contributed by atoms with E-state index in [0.29, 0.717) is 0 Å². The van der Waals surface area contributed by atoms with Crippen LogP contribution in [0.1, 0.15) is 11.1 Å². The van der Waals surface area contributed by atoms with Gasteiger partial charge in [0.2, 0.25) is 0 Å². The Morgan fingerprint density at radius 3 is 3.07 bits per heavy atom. The highest BCUT2D eigenvalue weighted by atomic mass is 32.1. The van der Waals surface area contributed by atoms with Crippen molar-refractivity contribution in [2.45, 2.75) is 13.3 Å². The zero-order valence-corrected chi connectivity index (χ0v) is 9.53. The second-order valence-corrected chi connectivity index (χ2v) is 4.83. The molecule has 0 atom stereocenters. The number of thiophene rings is 1. The Bertz CT molecular complexity index is 499. The number of fused-ring (bicyclic) bond motifs is 3. The van der Waals surface area contributed by atoms with Crippen LogP contribution in [-0.4, -0.2) is 6.54 Å². The fraction of sp³-hybridized carbons (Fsp3) is 0.231. The van der Waals surface area contributed by atoms with E-state index in [2.05, 4.69) is 41.9 Å². The highest BCUT2D eigenvalue weighted by Crippen LogP contribution is 2.38. The number of anilines is 1. The van der Waals surface area contributed by atoms with Gasteiger partial charge in [-0.15, -0.1) is 11.3 Å². The Hall–Kier alpha value is -1.28. The lowest BCUT2D eigenvalue weighted by Gasteiger charge is -2.05. The first-order valence-corrected chi connectivity index (χ1v) is 6.14. The molecule has 2 heteroatoms. The lowest BCUT2D eigenvalue weighted by Crippen LogP contribution is -2.02. The molecule has 1 nitrogen and oxygen atoms in total. The summed E-state index contributed by atoms with van der Waals surface area (Å²) in [5.41, 5.74) is 5.60. The smallest absolute Gasteiger partial charge is 0.0428 e. The predicted octanol–water partition coefficient (Wildman–Crippen LogP) is 3.69. The van der Waals surface area contributed by atoms with Crippen molar-refractivity contribution in [3.05, 3.63) is 40.8 Å². The molecular formula is C13H13NS. The van der Waals surface area contributed by atoms with Crippen molar-refractivity contribution in [2.75, 3.05) is 11.9 Å². The van der Waals surface area contributed by atoms with Gasteiger partial charge >= 0.3 is 0 Å². The molecule has 0 bridgehead atoms. The van der Waals surface area contributed by atoms with Crippen molar-refractivity contribution in [3.63, 3.8) is 0 Å². The topological polar surface area (TPSA) is 12.0 Å². The van der Waals surface area contributed by atoms with Crippen molar-refractivity contribution in [2.24, 2.45) is 0 Å². The quantitative estimate of drug-likeness (QED) is 0.706. The minimum absolute atomic E-state index is 1.04. The van der Waals surface area contributed by atoms with E-state index in [1.54, 1.807) is 0 Å². The SMILES string of the molecule is Cc1csc2c1CCNc1ccccc1-2. The van der Waals surface area contributed by atoms with Crippen LogP contribution in [0.5, 0.6) is 0 Å². The molecule has 0 fully saturated rings. The largest absolute Gasteiger partial charge is 0.384 e. The van der Waals surface area contributed by atoms with Crippen molar-refractivity contribution in [1.82, 2.24) is 0 Å². The molecule has 2 aromatic rings. The van der Waals surface area contributed by atoms with E-state index in [1.807, 2.05) is 11.3 Å². The highest BCUT2D eigenvalue weighted by Gasteiger charge is 2.16. The molecule has 0 aliphatic carbocycles. The molecule has 15 heavy (non-hydrogen) atoms. The molecular weight excluding hydrogens is 202 g/mol. The number of aryl methyl sites for hydroxylation is 1. The second-order valence-electron chi connectivity index (χ2n) is 3.95. The van der Waals surface area contributed by atoms with E-state index in [-0.39, 0.29) is 0 Å². The summed E-state index contributed by atoms with van der Waals surface area (Å²) in [6.07, 6.45) is 1.14. The van der Waals surface area contributed by atoms with E-state index >= 15 is 0 Å². The van der Waals surface area contributed by atoms with Gasteiger partial charge in [0, 0.05) is 22.7 Å². The third-order valence-corrected chi connectivity index (χ3v) is 4.14. The van der Waals surface area contributed by atoms with E-state index in [0.717, 1.165) is 13.0 Å². The molecule has 1 aromatic carbocycles. The van der Waals surface area contributed by atoms with Gasteiger partial charge < -0.3 is 5.32 Å². The van der Waals surface area contributed by atoms with Gasteiger partial charge in [0.15, 0.2) is 0 Å². The molecule has 0 saturated heterocycles. The first-order valence-electron chi connectivity index (χ1n) is 5.26. The standard InChI is InChI=1S/C13H13NS/c1-9-8-15-13-10(9)6-7-14-12-5-3-2-4-11(12)13/h2-5,8,14H,6-7H2,1H3. The zero-order valence-electron chi connectivity index (χ0n) is 8.71. The van der Waals surface area contributed by atoms with Gasteiger partial charge in [-0.3, -0.25) is 0 Å². The summed E-state index contributed by atoms with van der Waals surface area (Å²) in [4.78, 5) is 1.45. The second kappa shape index (κ2) is 3.38. The molecule has 3 rings (SSSR count). The van der Waals surface area contributed by atoms with Crippen molar-refractivity contribution >= 4 is 17.0 Å². The molecule has 1 N–H and O–H groups in total. The maximum absolute atomic E-state index is 3.49. The van der Waals surface area contributed by atoms with Gasteiger partial charge in [0.05, 0.1) is 0 Å². The summed E-state index contributed by atoms with van der Waals surface area (Å²) in [6.45, 7) is 3.25. The van der Waals surface area contributed by atoms with E-state index < -0.39 is 0 Å². The Morgan fingerprint density at radius 1 is 1.27 bits per heavy atom. The summed E-state index contributed by atoms with van der Waals surface area (Å²) < 4.78 is 0. The van der Waals surface area contributed by atoms with Crippen molar-refractivity contribution < 1.29 is 0 Å². The average molecular weight is 215 g/mol. The molecule has 0 radical (unpaired) electrons. The summed E-state index contributed by atoms with van der Waals surface area (Å²) in [7, 11) is 0. The Kier molecular flexibility index (Phi) is 2.03. The normalized spacial score (nSPS) is 13.7. The Labute approximate surface area is 93.8 Å². The molecule has 1 aliphatic rings. The summed E-state index contributed by atoms with van der Waals surface area (Å²) in [5.74, 6) is 0. The number of para-hydroxylation sites is 1. The number of hydrogen-bond donors (Lipinski definition) is 1. The highest BCUT2D eigenvalue weighted by molar-refractivity contribution is 7.14. The number of hydrogen-bond acceptors (Lipinski definition) is 2. The van der Waals surface area contributed by atoms with E-state index in [1.165, 1.54) is 27.3 Å². The van der Waals surface area contributed by atoms with Crippen LogP contribution in [0.2, 0.25) is 0 Å². The lowest BCUT2D eigenvalue weighted by molar-refractivity contribution is 1.03. The number of benzene rings is 1. The average Bonchev–Trinajstić information content (AvgIpc) is 2.53. The molecule has 2 heterocycles. The molecule has 0 amide bonds.